The molecular formula is C15H18N2O4. The Kier molecular flexibility index (Phi) is 4.94. The minimum absolute atomic E-state index is 0.0428. The van der Waals surface area contributed by atoms with Crippen molar-refractivity contribution in [2.75, 3.05) is 18.5 Å². The van der Waals surface area contributed by atoms with Gasteiger partial charge in [0.05, 0.1) is 12.6 Å². The quantitative estimate of drug-likeness (QED) is 0.740. The highest BCUT2D eigenvalue weighted by Crippen LogP contribution is 2.16. The van der Waals surface area contributed by atoms with Gasteiger partial charge in [-0.1, -0.05) is 6.07 Å². The maximum absolute atomic E-state index is 11.9. The standard InChI is InChI=1S/C15H18N2O4/c1-10-6-11(2-3-14(18)19)8-13(7-10)17-15(20)16-12-4-5-21-9-12/h2-3,6-8,12H,4-5,9H2,1H3,(H,18,19)(H2,16,17,20)/b3-2+. The van der Waals surface area contributed by atoms with E-state index in [1.165, 1.54) is 6.08 Å². The van der Waals surface area contributed by atoms with Crippen molar-refractivity contribution < 1.29 is 19.4 Å². The van der Waals surface area contributed by atoms with E-state index < -0.39 is 5.97 Å². The number of aryl methyl sites for hydroxylation is 1. The van der Waals surface area contributed by atoms with Gasteiger partial charge in [-0.2, -0.15) is 0 Å². The predicted molar refractivity (Wildman–Crippen MR) is 79.2 cm³/mol. The van der Waals surface area contributed by atoms with Crippen molar-refractivity contribution in [3.8, 4) is 0 Å². The van der Waals surface area contributed by atoms with E-state index in [9.17, 15) is 9.59 Å². The van der Waals surface area contributed by atoms with Gasteiger partial charge in [-0.25, -0.2) is 9.59 Å². The summed E-state index contributed by atoms with van der Waals surface area (Å²) in [6.45, 7) is 3.08. The van der Waals surface area contributed by atoms with Crippen molar-refractivity contribution in [2.24, 2.45) is 0 Å². The van der Waals surface area contributed by atoms with Gasteiger partial charge in [0.15, 0.2) is 0 Å². The highest BCUT2D eigenvalue weighted by Gasteiger charge is 2.17. The zero-order valence-corrected chi connectivity index (χ0v) is 11.8. The Morgan fingerprint density at radius 1 is 1.38 bits per heavy atom. The van der Waals surface area contributed by atoms with Crippen LogP contribution in [0.15, 0.2) is 24.3 Å². The first-order chi connectivity index (χ1) is 10.0. The van der Waals surface area contributed by atoms with Gasteiger partial charge in [0.1, 0.15) is 0 Å². The Labute approximate surface area is 122 Å². The van der Waals surface area contributed by atoms with Crippen molar-refractivity contribution in [1.29, 1.82) is 0 Å². The van der Waals surface area contributed by atoms with Crippen molar-refractivity contribution in [2.45, 2.75) is 19.4 Å². The summed E-state index contributed by atoms with van der Waals surface area (Å²) in [7, 11) is 0. The van der Waals surface area contributed by atoms with Gasteiger partial charge in [0.25, 0.3) is 0 Å². The zero-order valence-electron chi connectivity index (χ0n) is 11.8. The summed E-state index contributed by atoms with van der Waals surface area (Å²) < 4.78 is 5.19. The van der Waals surface area contributed by atoms with Crippen LogP contribution in [0, 0.1) is 6.92 Å². The van der Waals surface area contributed by atoms with E-state index >= 15 is 0 Å². The van der Waals surface area contributed by atoms with Crippen molar-refractivity contribution in [3.63, 3.8) is 0 Å². The van der Waals surface area contributed by atoms with Gasteiger partial charge >= 0.3 is 12.0 Å². The summed E-state index contributed by atoms with van der Waals surface area (Å²) in [5.41, 5.74) is 2.27. The number of hydrogen-bond donors (Lipinski definition) is 3. The van der Waals surface area contributed by atoms with E-state index in [4.69, 9.17) is 9.84 Å². The number of carbonyl (C=O) groups excluding carboxylic acids is 1. The van der Waals surface area contributed by atoms with Crippen molar-refractivity contribution in [1.82, 2.24) is 5.32 Å². The lowest BCUT2D eigenvalue weighted by atomic mass is 10.1. The van der Waals surface area contributed by atoms with E-state index in [0.717, 1.165) is 23.6 Å². The molecule has 1 heterocycles. The first-order valence-corrected chi connectivity index (χ1v) is 6.71. The molecule has 112 valence electrons. The first kappa shape index (κ1) is 15.1. The lowest BCUT2D eigenvalue weighted by molar-refractivity contribution is -0.131. The largest absolute Gasteiger partial charge is 0.478 e. The summed E-state index contributed by atoms with van der Waals surface area (Å²) in [5.74, 6) is -1.01. The number of aliphatic carboxylic acids is 1. The maximum atomic E-state index is 11.9. The fourth-order valence-corrected chi connectivity index (χ4v) is 2.15. The highest BCUT2D eigenvalue weighted by molar-refractivity contribution is 5.90. The molecular weight excluding hydrogens is 272 g/mol. The Morgan fingerprint density at radius 3 is 2.86 bits per heavy atom. The molecule has 0 spiro atoms. The van der Waals surface area contributed by atoms with Crippen LogP contribution in [-0.2, 0) is 9.53 Å². The van der Waals surface area contributed by atoms with Gasteiger partial charge in [-0.05, 0) is 42.7 Å². The summed E-state index contributed by atoms with van der Waals surface area (Å²) >= 11 is 0. The molecule has 3 N–H and O–H groups in total. The zero-order chi connectivity index (χ0) is 15.2. The van der Waals surface area contributed by atoms with Crippen LogP contribution in [-0.4, -0.2) is 36.4 Å². The van der Waals surface area contributed by atoms with Gasteiger partial charge in [0.2, 0.25) is 0 Å². The molecule has 0 radical (unpaired) electrons. The average Bonchev–Trinajstić information content (AvgIpc) is 2.88. The molecule has 1 unspecified atom stereocenters. The second-order valence-corrected chi connectivity index (χ2v) is 4.96. The normalized spacial score (nSPS) is 17.9. The number of urea groups is 1. The lowest BCUT2D eigenvalue weighted by Gasteiger charge is -2.12. The van der Waals surface area contributed by atoms with Crippen LogP contribution in [0.3, 0.4) is 0 Å². The number of carbonyl (C=O) groups is 2. The van der Waals surface area contributed by atoms with Crippen molar-refractivity contribution in [3.05, 3.63) is 35.4 Å². The van der Waals surface area contributed by atoms with Crippen LogP contribution in [0.5, 0.6) is 0 Å². The van der Waals surface area contributed by atoms with Crippen molar-refractivity contribution >= 4 is 23.8 Å². The third-order valence-corrected chi connectivity index (χ3v) is 3.04. The summed E-state index contributed by atoms with van der Waals surface area (Å²) in [5, 5.41) is 14.2. The number of nitrogens with one attached hydrogen (secondary N) is 2. The van der Waals surface area contributed by atoms with E-state index in [0.29, 0.717) is 18.9 Å². The first-order valence-electron chi connectivity index (χ1n) is 6.71. The Bertz CT molecular complexity index is 563. The van der Waals surface area contributed by atoms with Gasteiger partial charge in [-0.3, -0.25) is 0 Å². The van der Waals surface area contributed by atoms with Crippen LogP contribution in [0.2, 0.25) is 0 Å². The predicted octanol–water partition coefficient (Wildman–Crippen LogP) is 2.00. The molecule has 1 fully saturated rings. The molecule has 0 aliphatic carbocycles. The SMILES string of the molecule is Cc1cc(/C=C/C(=O)O)cc(NC(=O)NC2CCOC2)c1. The Hall–Kier alpha value is -2.34. The number of carboxylic acids is 1. The van der Waals surface area contributed by atoms with E-state index in [1.807, 2.05) is 19.1 Å². The Morgan fingerprint density at radius 2 is 2.19 bits per heavy atom. The topological polar surface area (TPSA) is 87.7 Å². The van der Waals surface area contributed by atoms with Crippen LogP contribution < -0.4 is 10.6 Å². The fraction of sp³-hybridized carbons (Fsp3) is 0.333. The summed E-state index contributed by atoms with van der Waals surface area (Å²) in [6, 6.07) is 5.14. The molecule has 1 aromatic rings. The molecule has 6 heteroatoms. The third-order valence-electron chi connectivity index (χ3n) is 3.04. The summed E-state index contributed by atoms with van der Waals surface area (Å²) in [4.78, 5) is 22.4. The molecule has 0 saturated carbocycles. The van der Waals surface area contributed by atoms with Gasteiger partial charge in [0, 0.05) is 18.4 Å². The molecule has 1 atom stereocenters. The number of anilines is 1. The number of amides is 2. The van der Waals surface area contributed by atoms with Crippen LogP contribution in [0.1, 0.15) is 17.5 Å². The number of rotatable bonds is 4. The molecule has 2 amide bonds. The van der Waals surface area contributed by atoms with Crippen LogP contribution in [0.25, 0.3) is 6.08 Å². The van der Waals surface area contributed by atoms with E-state index in [2.05, 4.69) is 10.6 Å². The molecule has 21 heavy (non-hydrogen) atoms. The molecule has 2 rings (SSSR count). The van der Waals surface area contributed by atoms with E-state index in [1.54, 1.807) is 6.07 Å². The average molecular weight is 290 g/mol. The van der Waals surface area contributed by atoms with E-state index in [-0.39, 0.29) is 12.1 Å². The molecule has 6 nitrogen and oxygen atoms in total. The minimum Gasteiger partial charge on any atom is -0.478 e. The molecule has 1 saturated heterocycles. The summed E-state index contributed by atoms with van der Waals surface area (Å²) in [6.07, 6.45) is 3.37. The second kappa shape index (κ2) is 6.90. The number of ether oxygens (including phenoxy) is 1. The third kappa shape index (κ3) is 4.92. The van der Waals surface area contributed by atoms with Crippen LogP contribution >= 0.6 is 0 Å². The monoisotopic (exact) mass is 290 g/mol. The molecule has 1 aromatic carbocycles. The Balaban J connectivity index is 2.01. The van der Waals surface area contributed by atoms with Gasteiger partial charge in [-0.15, -0.1) is 0 Å². The lowest BCUT2D eigenvalue weighted by Crippen LogP contribution is -2.38. The smallest absolute Gasteiger partial charge is 0.328 e. The molecule has 0 aromatic heterocycles. The highest BCUT2D eigenvalue weighted by atomic mass is 16.5. The van der Waals surface area contributed by atoms with Gasteiger partial charge < -0.3 is 20.5 Å². The molecule has 1 aliphatic rings. The maximum Gasteiger partial charge on any atom is 0.328 e. The number of hydrogen-bond acceptors (Lipinski definition) is 3. The minimum atomic E-state index is -1.01. The fourth-order valence-electron chi connectivity index (χ4n) is 2.15. The molecule has 0 bridgehead atoms. The molecule has 1 aliphatic heterocycles. The van der Waals surface area contributed by atoms with Crippen LogP contribution in [0.4, 0.5) is 10.5 Å². The number of carboxylic acid groups (broad SMARTS) is 1. The second-order valence-electron chi connectivity index (χ2n) is 4.96. The number of benzene rings is 1.